The molecule has 1 aliphatic carbocycles. The second-order valence-electron chi connectivity index (χ2n) is 5.52. The Balaban J connectivity index is 1.94. The molecule has 2 fully saturated rings. The van der Waals surface area contributed by atoms with Gasteiger partial charge in [0.25, 0.3) is 0 Å². The molecule has 1 unspecified atom stereocenters. The molecule has 1 aromatic carbocycles. The van der Waals surface area contributed by atoms with Gasteiger partial charge < -0.3 is 15.4 Å². The molecule has 2 aliphatic rings. The number of nitrogens with one attached hydrogen (secondary N) is 1. The molecule has 0 aromatic heterocycles. The molecule has 116 valence electrons. The summed E-state index contributed by atoms with van der Waals surface area (Å²) < 4.78 is 33.3. The fourth-order valence-corrected chi connectivity index (χ4v) is 4.09. The molecule has 1 heterocycles. The van der Waals surface area contributed by atoms with Crippen LogP contribution >= 0.6 is 0 Å². The Hall–Kier alpha value is -1.15. The normalized spacial score (nSPS) is 23.3. The van der Waals surface area contributed by atoms with Gasteiger partial charge in [-0.25, -0.2) is 13.1 Å². The average Bonchev–Trinajstić information content (AvgIpc) is 3.30. The van der Waals surface area contributed by atoms with Crippen LogP contribution in [-0.4, -0.2) is 46.8 Å². The zero-order valence-electron chi connectivity index (χ0n) is 11.9. The molecule has 0 bridgehead atoms. The molecule has 6 nitrogen and oxygen atoms in total. The Kier molecular flexibility index (Phi) is 4.17. The van der Waals surface area contributed by atoms with Gasteiger partial charge in [0, 0.05) is 19.1 Å². The summed E-state index contributed by atoms with van der Waals surface area (Å²) in [4.78, 5) is 2.38. The van der Waals surface area contributed by atoms with Crippen molar-refractivity contribution in [3.8, 4) is 0 Å². The highest BCUT2D eigenvalue weighted by atomic mass is 32.2. The van der Waals surface area contributed by atoms with Crippen LogP contribution in [0.1, 0.15) is 12.8 Å². The minimum atomic E-state index is -3.48. The Labute approximate surface area is 125 Å². The first-order valence-corrected chi connectivity index (χ1v) is 8.76. The Morgan fingerprint density at radius 1 is 1.33 bits per heavy atom. The lowest BCUT2D eigenvalue weighted by atomic mass is 10.2. The number of nitrogens with two attached hydrogens (primary N) is 1. The molecule has 1 saturated heterocycles. The molecule has 0 spiro atoms. The summed E-state index contributed by atoms with van der Waals surface area (Å²) in [6.07, 6.45) is 1.84. The minimum Gasteiger partial charge on any atom is -0.377 e. The summed E-state index contributed by atoms with van der Waals surface area (Å²) in [6.45, 7) is 2.20. The smallest absolute Gasteiger partial charge is 0.242 e. The van der Waals surface area contributed by atoms with E-state index in [1.54, 1.807) is 12.1 Å². The van der Waals surface area contributed by atoms with Crippen molar-refractivity contribution in [2.75, 3.05) is 31.2 Å². The van der Waals surface area contributed by atoms with Crippen LogP contribution in [0.3, 0.4) is 0 Å². The van der Waals surface area contributed by atoms with E-state index in [0.29, 0.717) is 36.9 Å². The first kappa shape index (κ1) is 14.8. The minimum absolute atomic E-state index is 0.0102. The molecular formula is C14H21N3O3S. The number of hydrogen-bond acceptors (Lipinski definition) is 5. The third kappa shape index (κ3) is 3.21. The predicted molar refractivity (Wildman–Crippen MR) is 80.8 cm³/mol. The van der Waals surface area contributed by atoms with Crippen molar-refractivity contribution in [2.24, 2.45) is 5.73 Å². The average molecular weight is 311 g/mol. The number of hydrogen-bond donors (Lipinski definition) is 2. The van der Waals surface area contributed by atoms with Gasteiger partial charge in [0.2, 0.25) is 10.0 Å². The number of nitrogens with zero attached hydrogens (tertiary/aromatic N) is 1. The zero-order chi connectivity index (χ0) is 14.9. The number of benzene rings is 1. The maximum Gasteiger partial charge on any atom is 0.242 e. The molecule has 0 amide bonds. The van der Waals surface area contributed by atoms with Gasteiger partial charge in [0.15, 0.2) is 0 Å². The monoisotopic (exact) mass is 311 g/mol. The molecule has 7 heteroatoms. The first-order chi connectivity index (χ1) is 10.1. The molecule has 1 aliphatic heterocycles. The quantitative estimate of drug-likeness (QED) is 0.816. The van der Waals surface area contributed by atoms with Crippen molar-refractivity contribution in [3.05, 3.63) is 24.3 Å². The molecule has 3 rings (SSSR count). The number of morpholine rings is 1. The molecule has 0 radical (unpaired) electrons. The van der Waals surface area contributed by atoms with E-state index in [1.807, 2.05) is 17.0 Å². The van der Waals surface area contributed by atoms with Crippen LogP contribution in [0.4, 0.5) is 5.69 Å². The lowest BCUT2D eigenvalue weighted by Crippen LogP contribution is -2.50. The van der Waals surface area contributed by atoms with Crippen LogP contribution in [0.15, 0.2) is 29.2 Å². The Bertz CT molecular complexity index is 601. The van der Waals surface area contributed by atoms with E-state index >= 15 is 0 Å². The van der Waals surface area contributed by atoms with Crippen molar-refractivity contribution in [3.63, 3.8) is 0 Å². The van der Waals surface area contributed by atoms with Crippen molar-refractivity contribution in [2.45, 2.75) is 29.8 Å². The van der Waals surface area contributed by atoms with Crippen LogP contribution in [0.2, 0.25) is 0 Å². The largest absolute Gasteiger partial charge is 0.377 e. The van der Waals surface area contributed by atoms with E-state index in [-0.39, 0.29) is 12.1 Å². The van der Waals surface area contributed by atoms with Crippen molar-refractivity contribution >= 4 is 15.7 Å². The van der Waals surface area contributed by atoms with Gasteiger partial charge in [-0.2, -0.15) is 0 Å². The van der Waals surface area contributed by atoms with E-state index in [1.165, 1.54) is 0 Å². The van der Waals surface area contributed by atoms with Gasteiger partial charge in [0.05, 0.1) is 24.9 Å². The summed E-state index contributed by atoms with van der Waals surface area (Å²) in [5.74, 6) is 0. The molecule has 1 aromatic rings. The Morgan fingerprint density at radius 3 is 2.81 bits per heavy atom. The highest BCUT2D eigenvalue weighted by Gasteiger charge is 2.32. The fraction of sp³-hybridized carbons (Fsp3) is 0.571. The SMILES string of the molecule is NCC1COCCN1c1ccccc1S(=O)(=O)NC1CC1. The third-order valence-corrected chi connectivity index (χ3v) is 5.43. The maximum absolute atomic E-state index is 12.5. The number of sulfonamides is 1. The fourth-order valence-electron chi connectivity index (χ4n) is 2.57. The lowest BCUT2D eigenvalue weighted by Gasteiger charge is -2.37. The summed E-state index contributed by atoms with van der Waals surface area (Å²) in [5.41, 5.74) is 6.51. The lowest BCUT2D eigenvalue weighted by molar-refractivity contribution is 0.0960. The number of ether oxygens (including phenoxy) is 1. The van der Waals surface area contributed by atoms with Crippen LogP contribution in [0.25, 0.3) is 0 Å². The second-order valence-corrected chi connectivity index (χ2v) is 7.20. The van der Waals surface area contributed by atoms with Crippen molar-refractivity contribution in [1.82, 2.24) is 4.72 Å². The van der Waals surface area contributed by atoms with E-state index < -0.39 is 10.0 Å². The van der Waals surface area contributed by atoms with Crippen LogP contribution < -0.4 is 15.4 Å². The highest BCUT2D eigenvalue weighted by molar-refractivity contribution is 7.89. The molecule has 1 atom stereocenters. The van der Waals surface area contributed by atoms with Crippen LogP contribution in [0.5, 0.6) is 0 Å². The zero-order valence-corrected chi connectivity index (χ0v) is 12.7. The molecule has 21 heavy (non-hydrogen) atoms. The van der Waals surface area contributed by atoms with Gasteiger partial charge in [0.1, 0.15) is 4.90 Å². The number of rotatable bonds is 5. The first-order valence-electron chi connectivity index (χ1n) is 7.27. The van der Waals surface area contributed by atoms with E-state index in [2.05, 4.69) is 4.72 Å². The summed E-state index contributed by atoms with van der Waals surface area (Å²) in [6, 6.07) is 7.21. The highest BCUT2D eigenvalue weighted by Crippen LogP contribution is 2.30. The Morgan fingerprint density at radius 2 is 2.10 bits per heavy atom. The summed E-state index contributed by atoms with van der Waals surface area (Å²) in [7, 11) is -3.48. The standard InChI is InChI=1S/C14H21N3O3S/c15-9-12-10-20-8-7-17(12)13-3-1-2-4-14(13)21(18,19)16-11-5-6-11/h1-4,11-12,16H,5-10,15H2. The molecule has 3 N–H and O–H groups in total. The van der Waals surface area contributed by atoms with Crippen LogP contribution in [-0.2, 0) is 14.8 Å². The van der Waals surface area contributed by atoms with Gasteiger partial charge in [-0.3, -0.25) is 0 Å². The number of anilines is 1. The third-order valence-electron chi connectivity index (χ3n) is 3.86. The van der Waals surface area contributed by atoms with Crippen LogP contribution in [0, 0.1) is 0 Å². The van der Waals surface area contributed by atoms with Crippen molar-refractivity contribution < 1.29 is 13.2 Å². The predicted octanol–water partition coefficient (Wildman–Crippen LogP) is 0.291. The maximum atomic E-state index is 12.5. The van der Waals surface area contributed by atoms with Gasteiger partial charge >= 0.3 is 0 Å². The molecular weight excluding hydrogens is 290 g/mol. The summed E-state index contributed by atoms with van der Waals surface area (Å²) in [5, 5.41) is 0. The molecule has 1 saturated carbocycles. The van der Waals surface area contributed by atoms with E-state index in [4.69, 9.17) is 10.5 Å². The summed E-state index contributed by atoms with van der Waals surface area (Å²) >= 11 is 0. The second kappa shape index (κ2) is 5.92. The van der Waals surface area contributed by atoms with E-state index in [0.717, 1.165) is 12.8 Å². The van der Waals surface area contributed by atoms with Gasteiger partial charge in [-0.1, -0.05) is 12.1 Å². The van der Waals surface area contributed by atoms with Gasteiger partial charge in [-0.15, -0.1) is 0 Å². The van der Waals surface area contributed by atoms with Gasteiger partial charge in [-0.05, 0) is 25.0 Å². The van der Waals surface area contributed by atoms with Crippen molar-refractivity contribution in [1.29, 1.82) is 0 Å². The number of para-hydroxylation sites is 1. The van der Waals surface area contributed by atoms with E-state index in [9.17, 15) is 8.42 Å². The topological polar surface area (TPSA) is 84.7 Å².